The molecule has 0 unspecified atom stereocenters. The van der Waals surface area contributed by atoms with Crippen LogP contribution in [0.4, 0.5) is 4.79 Å². The van der Waals surface area contributed by atoms with Gasteiger partial charge >= 0.3 is 6.09 Å². The number of nitrogens with one attached hydrogen (secondary N) is 1. The predicted molar refractivity (Wildman–Crippen MR) is 121 cm³/mol. The zero-order valence-electron chi connectivity index (χ0n) is 20.0. The Morgan fingerprint density at radius 3 is 2.17 bits per heavy atom. The number of piperazine rings is 1. The van der Waals surface area contributed by atoms with Crippen molar-refractivity contribution in [1.82, 2.24) is 24.9 Å². The van der Waals surface area contributed by atoms with E-state index in [-0.39, 0.29) is 12.0 Å². The molecule has 0 aromatic heterocycles. The molecule has 1 aliphatic rings. The highest BCUT2D eigenvalue weighted by Gasteiger charge is 2.25. The Hall–Kier alpha value is -2.03. The summed E-state index contributed by atoms with van der Waals surface area (Å²) < 4.78 is 5.44. The van der Waals surface area contributed by atoms with Crippen molar-refractivity contribution in [3.05, 3.63) is 0 Å². The number of rotatable bonds is 8. The number of carbonyl (C=O) groups is 2. The van der Waals surface area contributed by atoms with E-state index >= 15 is 0 Å². The Balaban J connectivity index is 2.49. The maximum atomic E-state index is 12.4. The van der Waals surface area contributed by atoms with Crippen LogP contribution in [0, 0.1) is 0 Å². The summed E-state index contributed by atoms with van der Waals surface area (Å²) in [6.45, 7) is 18.5. The highest BCUT2D eigenvalue weighted by molar-refractivity contribution is 5.86. The summed E-state index contributed by atoms with van der Waals surface area (Å²) in [6.07, 6.45) is -0.242. The minimum absolute atomic E-state index is 0.103. The van der Waals surface area contributed by atoms with Crippen molar-refractivity contribution >= 4 is 18.0 Å². The lowest BCUT2D eigenvalue weighted by Crippen LogP contribution is -2.50. The number of guanidine groups is 1. The molecule has 1 fully saturated rings. The van der Waals surface area contributed by atoms with Crippen molar-refractivity contribution in [2.24, 2.45) is 4.99 Å². The molecule has 9 nitrogen and oxygen atoms in total. The third-order valence-corrected chi connectivity index (χ3v) is 4.89. The van der Waals surface area contributed by atoms with Gasteiger partial charge in [-0.05, 0) is 41.5 Å². The molecule has 1 saturated heterocycles. The summed E-state index contributed by atoms with van der Waals surface area (Å²) in [5.74, 6) is 0.844. The van der Waals surface area contributed by atoms with Gasteiger partial charge in [0.1, 0.15) is 5.60 Å². The fourth-order valence-electron chi connectivity index (χ4n) is 3.20. The Morgan fingerprint density at radius 1 is 1.07 bits per heavy atom. The fraction of sp³-hybridized carbons (Fsp3) is 0.857. The van der Waals surface area contributed by atoms with Crippen molar-refractivity contribution in [2.45, 2.75) is 47.1 Å². The molecule has 30 heavy (non-hydrogen) atoms. The normalized spacial score (nSPS) is 15.7. The first-order chi connectivity index (χ1) is 14.1. The van der Waals surface area contributed by atoms with E-state index in [0.29, 0.717) is 39.3 Å². The minimum Gasteiger partial charge on any atom is -0.444 e. The van der Waals surface area contributed by atoms with Crippen molar-refractivity contribution in [3.63, 3.8) is 0 Å². The highest BCUT2D eigenvalue weighted by atomic mass is 16.6. The van der Waals surface area contributed by atoms with E-state index in [1.165, 1.54) is 0 Å². The number of carbonyl (C=O) groups excluding carboxylic acids is 2. The van der Waals surface area contributed by atoms with Crippen molar-refractivity contribution in [2.75, 3.05) is 72.5 Å². The summed E-state index contributed by atoms with van der Waals surface area (Å²) in [4.78, 5) is 37.0. The van der Waals surface area contributed by atoms with E-state index in [0.717, 1.165) is 32.1 Å². The molecule has 0 aromatic carbocycles. The second kappa shape index (κ2) is 12.6. The Labute approximate surface area is 182 Å². The van der Waals surface area contributed by atoms with E-state index in [2.05, 4.69) is 15.2 Å². The number of ether oxygens (including phenoxy) is 1. The molecular weight excluding hydrogens is 384 g/mol. The van der Waals surface area contributed by atoms with Crippen LogP contribution in [-0.4, -0.2) is 116 Å². The predicted octanol–water partition coefficient (Wildman–Crippen LogP) is 1.30. The van der Waals surface area contributed by atoms with E-state index in [1.54, 1.807) is 4.90 Å². The number of amides is 2. The van der Waals surface area contributed by atoms with Crippen molar-refractivity contribution < 1.29 is 14.3 Å². The highest BCUT2D eigenvalue weighted by Crippen LogP contribution is 2.11. The van der Waals surface area contributed by atoms with Gasteiger partial charge in [0.25, 0.3) is 0 Å². The molecular formula is C21H42N6O3. The molecule has 0 aromatic rings. The van der Waals surface area contributed by atoms with E-state index in [4.69, 9.17) is 4.74 Å². The summed E-state index contributed by atoms with van der Waals surface area (Å²) in [6, 6.07) is 0. The Morgan fingerprint density at radius 2 is 1.67 bits per heavy atom. The second-order valence-corrected chi connectivity index (χ2v) is 8.47. The van der Waals surface area contributed by atoms with Gasteiger partial charge in [0.2, 0.25) is 5.91 Å². The first-order valence-electron chi connectivity index (χ1n) is 11.1. The monoisotopic (exact) mass is 426 g/mol. The van der Waals surface area contributed by atoms with Crippen LogP contribution < -0.4 is 5.32 Å². The van der Waals surface area contributed by atoms with Crippen molar-refractivity contribution in [1.29, 1.82) is 0 Å². The van der Waals surface area contributed by atoms with Crippen LogP contribution in [0.3, 0.4) is 0 Å². The van der Waals surface area contributed by atoms with E-state index in [9.17, 15) is 9.59 Å². The average molecular weight is 427 g/mol. The van der Waals surface area contributed by atoms with Crippen LogP contribution >= 0.6 is 0 Å². The Kier molecular flexibility index (Phi) is 10.9. The van der Waals surface area contributed by atoms with Crippen LogP contribution in [0.25, 0.3) is 0 Å². The van der Waals surface area contributed by atoms with Gasteiger partial charge in [-0.15, -0.1) is 0 Å². The fourth-order valence-corrected chi connectivity index (χ4v) is 3.20. The third-order valence-electron chi connectivity index (χ3n) is 4.89. The third kappa shape index (κ3) is 9.19. The van der Waals surface area contributed by atoms with Crippen LogP contribution in [0.2, 0.25) is 0 Å². The lowest BCUT2D eigenvalue weighted by atomic mass is 10.2. The van der Waals surface area contributed by atoms with Gasteiger partial charge < -0.3 is 24.8 Å². The first kappa shape index (κ1) is 26.0. The lowest BCUT2D eigenvalue weighted by molar-refractivity contribution is -0.131. The van der Waals surface area contributed by atoms with Gasteiger partial charge in [-0.3, -0.25) is 14.7 Å². The molecule has 174 valence electrons. The Bertz CT molecular complexity index is 564. The average Bonchev–Trinajstić information content (AvgIpc) is 2.67. The number of likely N-dealkylation sites (N-methyl/N-ethyl adjacent to an activating group) is 2. The van der Waals surface area contributed by atoms with Crippen LogP contribution in [0.5, 0.6) is 0 Å². The van der Waals surface area contributed by atoms with Gasteiger partial charge in [-0.2, -0.15) is 0 Å². The first-order valence-corrected chi connectivity index (χ1v) is 11.1. The van der Waals surface area contributed by atoms with Crippen LogP contribution in [-0.2, 0) is 9.53 Å². The zero-order valence-corrected chi connectivity index (χ0v) is 20.0. The molecule has 1 N–H and O–H groups in total. The molecule has 0 bridgehead atoms. The summed E-state index contributed by atoms with van der Waals surface area (Å²) in [5.41, 5.74) is -0.468. The summed E-state index contributed by atoms with van der Waals surface area (Å²) in [7, 11) is 1.89. The lowest BCUT2D eigenvalue weighted by Gasteiger charge is -2.35. The molecule has 1 heterocycles. The number of hydrogen-bond acceptors (Lipinski definition) is 5. The summed E-state index contributed by atoms with van der Waals surface area (Å²) in [5, 5.41) is 3.26. The van der Waals surface area contributed by atoms with Crippen LogP contribution in [0.1, 0.15) is 41.5 Å². The molecule has 1 rings (SSSR count). The molecule has 0 atom stereocenters. The maximum absolute atomic E-state index is 12.4. The summed E-state index contributed by atoms with van der Waals surface area (Å²) >= 11 is 0. The van der Waals surface area contributed by atoms with Crippen molar-refractivity contribution in [3.8, 4) is 0 Å². The molecule has 0 radical (unpaired) electrons. The number of aliphatic imine (C=N–C) groups is 1. The number of hydrogen-bond donors (Lipinski definition) is 1. The van der Waals surface area contributed by atoms with Gasteiger partial charge in [0.15, 0.2) is 5.96 Å². The molecule has 9 heteroatoms. The van der Waals surface area contributed by atoms with Crippen LogP contribution in [0.15, 0.2) is 4.99 Å². The van der Waals surface area contributed by atoms with E-state index in [1.807, 2.05) is 58.4 Å². The van der Waals surface area contributed by atoms with Gasteiger partial charge in [0.05, 0.1) is 13.1 Å². The van der Waals surface area contributed by atoms with E-state index < -0.39 is 5.60 Å². The SMILES string of the molecule is CCNC(=NCCN1CCN(C(=O)OC(C)(C)C)CC1)N(C)CC(=O)N(CC)CC. The topological polar surface area (TPSA) is 80.7 Å². The van der Waals surface area contributed by atoms with Gasteiger partial charge in [0, 0.05) is 59.4 Å². The molecule has 1 aliphatic heterocycles. The van der Waals surface area contributed by atoms with Gasteiger partial charge in [-0.25, -0.2) is 4.79 Å². The molecule has 0 aliphatic carbocycles. The standard InChI is InChI=1S/C21H42N6O3/c1-8-22-19(24(7)17-18(28)26(9-2)10-3)23-11-12-25-13-15-27(16-14-25)20(29)30-21(4,5)6/h8-17H2,1-7H3,(H,22,23). The van der Waals surface area contributed by atoms with Gasteiger partial charge in [-0.1, -0.05) is 0 Å². The maximum Gasteiger partial charge on any atom is 0.410 e. The molecule has 0 spiro atoms. The molecule has 0 saturated carbocycles. The zero-order chi connectivity index (χ0) is 22.7. The minimum atomic E-state index is -0.468. The molecule has 2 amide bonds. The number of nitrogens with zero attached hydrogens (tertiary/aromatic N) is 5. The quantitative estimate of drug-likeness (QED) is 0.466. The largest absolute Gasteiger partial charge is 0.444 e. The second-order valence-electron chi connectivity index (χ2n) is 8.47. The smallest absolute Gasteiger partial charge is 0.410 e.